The Morgan fingerprint density at radius 1 is 1.24 bits per heavy atom. The van der Waals surface area contributed by atoms with Gasteiger partial charge in [-0.3, -0.25) is 4.79 Å². The molecular formula is C14H27NO2. The molecule has 0 spiro atoms. The van der Waals surface area contributed by atoms with Gasteiger partial charge in [0.1, 0.15) is 0 Å². The van der Waals surface area contributed by atoms with Gasteiger partial charge < -0.3 is 10.1 Å². The van der Waals surface area contributed by atoms with Gasteiger partial charge in [-0.15, -0.1) is 0 Å². The largest absolute Gasteiger partial charge is 0.465 e. The Hall–Kier alpha value is -0.570. The van der Waals surface area contributed by atoms with Crippen LogP contribution in [0.25, 0.3) is 0 Å². The van der Waals surface area contributed by atoms with Crippen LogP contribution in [0, 0.1) is 5.92 Å². The lowest BCUT2D eigenvalue weighted by Crippen LogP contribution is -2.29. The summed E-state index contributed by atoms with van der Waals surface area (Å²) in [5, 5.41) is 3.27. The molecule has 0 amide bonds. The molecule has 1 heterocycles. The van der Waals surface area contributed by atoms with E-state index in [0.29, 0.717) is 6.61 Å². The molecule has 1 aliphatic heterocycles. The van der Waals surface area contributed by atoms with Gasteiger partial charge in [0.15, 0.2) is 0 Å². The summed E-state index contributed by atoms with van der Waals surface area (Å²) in [4.78, 5) is 11.7. The summed E-state index contributed by atoms with van der Waals surface area (Å²) in [5.74, 6) is 0.0751. The maximum atomic E-state index is 11.7. The molecule has 1 fully saturated rings. The first kappa shape index (κ1) is 14.5. The van der Waals surface area contributed by atoms with Crippen LogP contribution in [0.2, 0.25) is 0 Å². The molecule has 3 heteroatoms. The van der Waals surface area contributed by atoms with Crippen molar-refractivity contribution < 1.29 is 9.53 Å². The summed E-state index contributed by atoms with van der Waals surface area (Å²) in [6.45, 7) is 5.83. The average molecular weight is 241 g/mol. The van der Waals surface area contributed by atoms with E-state index < -0.39 is 0 Å². The third kappa shape index (κ3) is 5.53. The quantitative estimate of drug-likeness (QED) is 0.524. The van der Waals surface area contributed by atoms with Crippen LogP contribution in [-0.2, 0) is 9.53 Å². The Labute approximate surface area is 105 Å². The fourth-order valence-corrected chi connectivity index (χ4v) is 2.34. The van der Waals surface area contributed by atoms with Crippen LogP contribution in [0.1, 0.15) is 58.8 Å². The Kier molecular flexibility index (Phi) is 7.25. The minimum Gasteiger partial charge on any atom is -0.465 e. The van der Waals surface area contributed by atoms with Crippen LogP contribution < -0.4 is 5.32 Å². The first-order chi connectivity index (χ1) is 8.25. The SMILES string of the molecule is CCCCCCCCOC(=O)C1CCNC1C. The molecule has 1 saturated heterocycles. The number of esters is 1. The van der Waals surface area contributed by atoms with E-state index >= 15 is 0 Å². The number of carbonyl (C=O) groups excluding carboxylic acids is 1. The van der Waals surface area contributed by atoms with Crippen LogP contribution in [0.15, 0.2) is 0 Å². The van der Waals surface area contributed by atoms with Crippen molar-refractivity contribution in [3.63, 3.8) is 0 Å². The molecule has 2 atom stereocenters. The standard InChI is InChI=1S/C14H27NO2/c1-3-4-5-6-7-8-11-17-14(16)13-9-10-15-12(13)2/h12-13,15H,3-11H2,1-2H3. The van der Waals surface area contributed by atoms with Crippen molar-refractivity contribution in [2.75, 3.05) is 13.2 Å². The van der Waals surface area contributed by atoms with Crippen molar-refractivity contribution in [2.45, 2.75) is 64.8 Å². The fourth-order valence-electron chi connectivity index (χ4n) is 2.34. The van der Waals surface area contributed by atoms with Crippen LogP contribution in [0.5, 0.6) is 0 Å². The number of ether oxygens (including phenoxy) is 1. The fraction of sp³-hybridized carbons (Fsp3) is 0.929. The predicted octanol–water partition coefficient (Wildman–Crippen LogP) is 2.89. The van der Waals surface area contributed by atoms with Gasteiger partial charge in [-0.25, -0.2) is 0 Å². The molecule has 1 rings (SSSR count). The topological polar surface area (TPSA) is 38.3 Å². The lowest BCUT2D eigenvalue weighted by atomic mass is 10.0. The van der Waals surface area contributed by atoms with Gasteiger partial charge in [-0.1, -0.05) is 39.0 Å². The highest BCUT2D eigenvalue weighted by atomic mass is 16.5. The summed E-state index contributed by atoms with van der Waals surface area (Å²) in [6, 6.07) is 0.284. The van der Waals surface area contributed by atoms with Crippen molar-refractivity contribution in [2.24, 2.45) is 5.92 Å². The predicted molar refractivity (Wildman–Crippen MR) is 69.9 cm³/mol. The van der Waals surface area contributed by atoms with Gasteiger partial charge in [0, 0.05) is 6.04 Å². The van der Waals surface area contributed by atoms with Gasteiger partial charge in [-0.2, -0.15) is 0 Å². The number of unbranched alkanes of at least 4 members (excludes halogenated alkanes) is 5. The van der Waals surface area contributed by atoms with Crippen molar-refractivity contribution >= 4 is 5.97 Å². The molecule has 0 aliphatic carbocycles. The van der Waals surface area contributed by atoms with Crippen molar-refractivity contribution in [1.82, 2.24) is 5.32 Å². The average Bonchev–Trinajstić information content (AvgIpc) is 2.74. The van der Waals surface area contributed by atoms with Gasteiger partial charge in [0.25, 0.3) is 0 Å². The van der Waals surface area contributed by atoms with E-state index in [2.05, 4.69) is 19.2 Å². The number of rotatable bonds is 8. The third-order valence-electron chi connectivity index (χ3n) is 3.57. The molecular weight excluding hydrogens is 214 g/mol. The number of hydrogen-bond donors (Lipinski definition) is 1. The summed E-state index contributed by atoms with van der Waals surface area (Å²) in [7, 11) is 0. The van der Waals surface area contributed by atoms with Crippen molar-refractivity contribution in [3.05, 3.63) is 0 Å². The first-order valence-corrected chi connectivity index (χ1v) is 7.15. The van der Waals surface area contributed by atoms with Crippen LogP contribution in [0.4, 0.5) is 0 Å². The molecule has 2 unspecified atom stereocenters. The molecule has 1 aliphatic rings. The molecule has 0 radical (unpaired) electrons. The molecule has 100 valence electrons. The van der Waals surface area contributed by atoms with E-state index in [1.54, 1.807) is 0 Å². The smallest absolute Gasteiger partial charge is 0.310 e. The zero-order valence-corrected chi connectivity index (χ0v) is 11.3. The summed E-state index contributed by atoms with van der Waals surface area (Å²) in [5.41, 5.74) is 0. The molecule has 0 saturated carbocycles. The van der Waals surface area contributed by atoms with Crippen LogP contribution >= 0.6 is 0 Å². The van der Waals surface area contributed by atoms with E-state index in [1.807, 2.05) is 0 Å². The normalized spacial score (nSPS) is 23.9. The molecule has 0 aromatic carbocycles. The summed E-state index contributed by atoms with van der Waals surface area (Å²) in [6.07, 6.45) is 8.32. The summed E-state index contributed by atoms with van der Waals surface area (Å²) >= 11 is 0. The monoisotopic (exact) mass is 241 g/mol. The summed E-state index contributed by atoms with van der Waals surface area (Å²) < 4.78 is 5.32. The van der Waals surface area contributed by atoms with Gasteiger partial charge in [0.05, 0.1) is 12.5 Å². The zero-order valence-electron chi connectivity index (χ0n) is 11.3. The molecule has 1 N–H and O–H groups in total. The number of nitrogens with one attached hydrogen (secondary N) is 1. The van der Waals surface area contributed by atoms with Crippen LogP contribution in [0.3, 0.4) is 0 Å². The molecule has 0 aromatic heterocycles. The lowest BCUT2D eigenvalue weighted by molar-refractivity contribution is -0.148. The van der Waals surface area contributed by atoms with Gasteiger partial charge in [0.2, 0.25) is 0 Å². The molecule has 17 heavy (non-hydrogen) atoms. The highest BCUT2D eigenvalue weighted by molar-refractivity contribution is 5.73. The van der Waals surface area contributed by atoms with E-state index in [1.165, 1.54) is 32.1 Å². The zero-order chi connectivity index (χ0) is 12.5. The maximum Gasteiger partial charge on any atom is 0.310 e. The number of hydrogen-bond acceptors (Lipinski definition) is 3. The molecule has 0 bridgehead atoms. The third-order valence-corrected chi connectivity index (χ3v) is 3.57. The van der Waals surface area contributed by atoms with Crippen molar-refractivity contribution in [3.8, 4) is 0 Å². The second-order valence-corrected chi connectivity index (χ2v) is 5.07. The van der Waals surface area contributed by atoms with Crippen molar-refractivity contribution in [1.29, 1.82) is 0 Å². The number of carbonyl (C=O) groups is 1. The van der Waals surface area contributed by atoms with E-state index in [4.69, 9.17) is 4.74 Å². The minimum absolute atomic E-state index is 0.00365. The Bertz CT molecular complexity index is 218. The van der Waals surface area contributed by atoms with Gasteiger partial charge in [-0.05, 0) is 26.3 Å². The lowest BCUT2D eigenvalue weighted by Gasteiger charge is -2.13. The Balaban J connectivity index is 1.97. The first-order valence-electron chi connectivity index (χ1n) is 7.15. The second kappa shape index (κ2) is 8.51. The Morgan fingerprint density at radius 2 is 1.94 bits per heavy atom. The minimum atomic E-state index is -0.00365. The highest BCUT2D eigenvalue weighted by Crippen LogP contribution is 2.17. The van der Waals surface area contributed by atoms with Crippen LogP contribution in [-0.4, -0.2) is 25.2 Å². The molecule has 0 aromatic rings. The Morgan fingerprint density at radius 3 is 2.59 bits per heavy atom. The maximum absolute atomic E-state index is 11.7. The van der Waals surface area contributed by atoms with Gasteiger partial charge >= 0.3 is 5.97 Å². The second-order valence-electron chi connectivity index (χ2n) is 5.07. The van der Waals surface area contributed by atoms with E-state index in [-0.39, 0.29) is 17.9 Å². The highest BCUT2D eigenvalue weighted by Gasteiger charge is 2.30. The van der Waals surface area contributed by atoms with E-state index in [9.17, 15) is 4.79 Å². The van der Waals surface area contributed by atoms with E-state index in [0.717, 1.165) is 19.4 Å². The molecule has 3 nitrogen and oxygen atoms in total.